The average molecular weight is 612 g/mol. The summed E-state index contributed by atoms with van der Waals surface area (Å²) in [5.41, 5.74) is -0.829. The quantitative estimate of drug-likeness (QED) is 0.251. The van der Waals surface area contributed by atoms with Gasteiger partial charge < -0.3 is 14.4 Å². The number of nitrogens with zero attached hydrogens (tertiary/aromatic N) is 3. The maximum absolute atomic E-state index is 13.7. The molecule has 4 aromatic rings. The van der Waals surface area contributed by atoms with Gasteiger partial charge in [-0.3, -0.25) is 9.10 Å². The number of fused-ring (bicyclic) bond motifs is 1. The van der Waals surface area contributed by atoms with Gasteiger partial charge in [0.05, 0.1) is 33.3 Å². The van der Waals surface area contributed by atoms with Crippen LogP contribution in [0.15, 0.2) is 70.1 Å². The summed E-state index contributed by atoms with van der Waals surface area (Å²) in [6, 6.07) is 11.1. The van der Waals surface area contributed by atoms with Crippen molar-refractivity contribution in [1.29, 1.82) is 0 Å². The Morgan fingerprint density at radius 1 is 1.12 bits per heavy atom. The van der Waals surface area contributed by atoms with E-state index < -0.39 is 44.5 Å². The molecule has 3 aromatic carbocycles. The highest BCUT2D eigenvalue weighted by Gasteiger charge is 2.37. The molecule has 0 aliphatic carbocycles. The Morgan fingerprint density at radius 2 is 1.90 bits per heavy atom. The maximum Gasteiger partial charge on any atom is 0.416 e. The number of sulfonamides is 1. The predicted octanol–water partition coefficient (Wildman–Crippen LogP) is 6.04. The van der Waals surface area contributed by atoms with Crippen molar-refractivity contribution in [3.8, 4) is 28.6 Å². The van der Waals surface area contributed by atoms with Gasteiger partial charge in [0.1, 0.15) is 17.7 Å². The molecule has 0 unspecified atom stereocenters. The molecule has 214 valence electrons. The van der Waals surface area contributed by atoms with Crippen molar-refractivity contribution < 1.29 is 45.1 Å². The molecule has 0 amide bonds. The Morgan fingerprint density at radius 3 is 2.63 bits per heavy atom. The zero-order valence-corrected chi connectivity index (χ0v) is 22.2. The maximum atomic E-state index is 13.7. The third-order valence-corrected chi connectivity index (χ3v) is 8.27. The van der Waals surface area contributed by atoms with Crippen molar-refractivity contribution >= 4 is 33.3 Å². The third-order valence-electron chi connectivity index (χ3n) is 6.16. The molecule has 1 aliphatic heterocycles. The van der Waals surface area contributed by atoms with Crippen molar-refractivity contribution in [2.24, 2.45) is 0 Å². The van der Waals surface area contributed by atoms with Crippen LogP contribution in [0.3, 0.4) is 0 Å². The molecule has 2 heterocycles. The minimum atomic E-state index is -4.79. The molecule has 1 N–H and O–H groups in total. The summed E-state index contributed by atoms with van der Waals surface area (Å²) in [7, 11) is -4.59. The fourth-order valence-electron chi connectivity index (χ4n) is 4.19. The number of aliphatic carboxylic acids is 1. The van der Waals surface area contributed by atoms with Crippen LogP contribution in [0.4, 0.5) is 23.2 Å². The average Bonchev–Trinajstić information content (AvgIpc) is 3.42. The Hall–Kier alpha value is -4.17. The van der Waals surface area contributed by atoms with E-state index in [-0.39, 0.29) is 58.7 Å². The molecule has 0 saturated heterocycles. The van der Waals surface area contributed by atoms with Gasteiger partial charge in [0, 0.05) is 12.0 Å². The Kier molecular flexibility index (Phi) is 7.38. The molecule has 0 bridgehead atoms. The standard InChI is InChI=1S/C26H18ClF4N3O6S/c27-20-7-5-16(28)12-19(20)25-32-24(33-40-25)14-4-8-22-21(10-14)34(13-17(39-22)6-9-23(35)36)41(37,38)18-3-1-2-15(11-18)26(29,30)31/h1-5,7-8,10-12,17H,6,9,13H2,(H,35,36)/t17-/m0/s1. The van der Waals surface area contributed by atoms with E-state index in [1.807, 2.05) is 0 Å². The number of halogens is 5. The predicted molar refractivity (Wildman–Crippen MR) is 137 cm³/mol. The lowest BCUT2D eigenvalue weighted by molar-refractivity contribution is -0.138. The van der Waals surface area contributed by atoms with Crippen LogP contribution in [-0.2, 0) is 21.0 Å². The van der Waals surface area contributed by atoms with Crippen LogP contribution >= 0.6 is 11.6 Å². The Labute approximate surface area is 235 Å². The van der Waals surface area contributed by atoms with E-state index >= 15 is 0 Å². The first kappa shape index (κ1) is 28.4. The number of carboxylic acid groups (broad SMARTS) is 1. The van der Waals surface area contributed by atoms with Crippen LogP contribution in [0.1, 0.15) is 18.4 Å². The number of aromatic nitrogens is 2. The second-order valence-corrected chi connectivity index (χ2v) is 11.2. The summed E-state index contributed by atoms with van der Waals surface area (Å²) in [6.07, 6.45) is -6.08. The number of hydrogen-bond donors (Lipinski definition) is 1. The van der Waals surface area contributed by atoms with E-state index in [9.17, 15) is 30.8 Å². The highest BCUT2D eigenvalue weighted by Crippen LogP contribution is 2.41. The van der Waals surface area contributed by atoms with E-state index in [1.165, 1.54) is 24.3 Å². The van der Waals surface area contributed by atoms with Gasteiger partial charge in [0.2, 0.25) is 5.82 Å². The largest absolute Gasteiger partial charge is 0.486 e. The third kappa shape index (κ3) is 5.84. The molecular formula is C26H18ClF4N3O6S. The Bertz CT molecular complexity index is 1750. The number of carbonyl (C=O) groups is 1. The highest BCUT2D eigenvalue weighted by molar-refractivity contribution is 7.92. The SMILES string of the molecule is O=C(O)CC[C@H]1CN(S(=O)(=O)c2cccc(C(F)(F)F)c2)c2cc(-c3noc(-c4cc(F)ccc4Cl)n3)ccc2O1. The topological polar surface area (TPSA) is 123 Å². The number of ether oxygens (including phenoxy) is 1. The number of hydrogen-bond acceptors (Lipinski definition) is 7. The van der Waals surface area contributed by atoms with Gasteiger partial charge in [-0.2, -0.15) is 18.2 Å². The van der Waals surface area contributed by atoms with Gasteiger partial charge in [-0.25, -0.2) is 12.8 Å². The molecule has 1 aromatic heterocycles. The summed E-state index contributed by atoms with van der Waals surface area (Å²) in [5, 5.41) is 13.1. The second kappa shape index (κ2) is 10.7. The van der Waals surface area contributed by atoms with E-state index in [4.69, 9.17) is 26.0 Å². The normalized spacial score (nSPS) is 15.3. The van der Waals surface area contributed by atoms with Gasteiger partial charge in [-0.15, -0.1) is 0 Å². The lowest BCUT2D eigenvalue weighted by Gasteiger charge is -2.35. The molecular weight excluding hydrogens is 594 g/mol. The molecule has 0 spiro atoms. The monoisotopic (exact) mass is 611 g/mol. The minimum absolute atomic E-state index is 0.0208. The van der Waals surface area contributed by atoms with Crippen LogP contribution in [0.2, 0.25) is 5.02 Å². The van der Waals surface area contributed by atoms with E-state index in [2.05, 4.69) is 10.1 Å². The first-order valence-corrected chi connectivity index (χ1v) is 13.7. The van der Waals surface area contributed by atoms with Gasteiger partial charge in [0.25, 0.3) is 15.9 Å². The molecule has 9 nitrogen and oxygen atoms in total. The molecule has 0 radical (unpaired) electrons. The number of carboxylic acids is 1. The van der Waals surface area contributed by atoms with Crippen LogP contribution in [0, 0.1) is 5.82 Å². The fourth-order valence-corrected chi connectivity index (χ4v) is 5.93. The van der Waals surface area contributed by atoms with E-state index in [0.717, 1.165) is 34.6 Å². The minimum Gasteiger partial charge on any atom is -0.486 e. The van der Waals surface area contributed by atoms with Crippen LogP contribution in [0.5, 0.6) is 5.75 Å². The molecule has 5 rings (SSSR count). The van der Waals surface area contributed by atoms with Gasteiger partial charge >= 0.3 is 12.1 Å². The van der Waals surface area contributed by atoms with Crippen molar-refractivity contribution in [1.82, 2.24) is 10.1 Å². The summed E-state index contributed by atoms with van der Waals surface area (Å²) < 4.78 is 93.1. The summed E-state index contributed by atoms with van der Waals surface area (Å²) >= 11 is 6.12. The lowest BCUT2D eigenvalue weighted by atomic mass is 10.1. The number of alkyl halides is 3. The smallest absolute Gasteiger partial charge is 0.416 e. The van der Waals surface area contributed by atoms with Crippen molar-refractivity contribution in [2.75, 3.05) is 10.8 Å². The molecule has 41 heavy (non-hydrogen) atoms. The van der Waals surface area contributed by atoms with Crippen molar-refractivity contribution in [2.45, 2.75) is 30.0 Å². The van der Waals surface area contributed by atoms with Gasteiger partial charge in [0.15, 0.2) is 0 Å². The second-order valence-electron chi connectivity index (χ2n) is 8.96. The van der Waals surface area contributed by atoms with E-state index in [0.29, 0.717) is 6.07 Å². The zero-order chi connectivity index (χ0) is 29.5. The van der Waals surface area contributed by atoms with Crippen LogP contribution in [-0.4, -0.2) is 42.3 Å². The molecule has 0 saturated carbocycles. The van der Waals surface area contributed by atoms with Gasteiger partial charge in [-0.05, 0) is 61.0 Å². The summed E-state index contributed by atoms with van der Waals surface area (Å²) in [5.74, 6) is -1.81. The number of anilines is 1. The molecule has 1 aliphatic rings. The first-order chi connectivity index (χ1) is 19.3. The highest BCUT2D eigenvalue weighted by atomic mass is 35.5. The van der Waals surface area contributed by atoms with Crippen LogP contribution in [0.25, 0.3) is 22.8 Å². The molecule has 1 atom stereocenters. The molecule has 0 fully saturated rings. The summed E-state index contributed by atoms with van der Waals surface area (Å²) in [4.78, 5) is 14.7. The van der Waals surface area contributed by atoms with Gasteiger partial charge in [-0.1, -0.05) is 22.8 Å². The van der Waals surface area contributed by atoms with Crippen molar-refractivity contribution in [3.05, 3.63) is 77.1 Å². The number of benzene rings is 3. The van der Waals surface area contributed by atoms with Crippen LogP contribution < -0.4 is 9.04 Å². The zero-order valence-electron chi connectivity index (χ0n) is 20.6. The number of rotatable bonds is 7. The van der Waals surface area contributed by atoms with Crippen molar-refractivity contribution in [3.63, 3.8) is 0 Å². The first-order valence-electron chi connectivity index (χ1n) is 11.8. The lowest BCUT2D eigenvalue weighted by Crippen LogP contribution is -2.43. The molecule has 15 heteroatoms. The Balaban J connectivity index is 1.57. The fraction of sp³-hybridized carbons (Fsp3) is 0.192. The summed E-state index contributed by atoms with van der Waals surface area (Å²) in [6.45, 7) is -0.376. The van der Waals surface area contributed by atoms with E-state index in [1.54, 1.807) is 0 Å².